The van der Waals surface area contributed by atoms with Crippen molar-refractivity contribution in [3.8, 4) is 0 Å². The summed E-state index contributed by atoms with van der Waals surface area (Å²) >= 11 is 0. The molecule has 0 saturated carbocycles. The summed E-state index contributed by atoms with van der Waals surface area (Å²) in [4.78, 5) is 22.5. The molecule has 4 nitrogen and oxygen atoms in total. The molecule has 1 aliphatic carbocycles. The van der Waals surface area contributed by atoms with E-state index in [1.165, 1.54) is 0 Å². The Morgan fingerprint density at radius 1 is 1.33 bits per heavy atom. The monoisotopic (exact) mass is 208 g/mol. The second-order valence-corrected chi connectivity index (χ2v) is 3.54. The minimum Gasteiger partial charge on any atom is -0.504 e. The smallest absolute Gasteiger partial charge is 0.227 e. The van der Waals surface area contributed by atoms with Crippen molar-refractivity contribution in [3.63, 3.8) is 0 Å². The highest BCUT2D eigenvalue weighted by atomic mass is 16.3. The van der Waals surface area contributed by atoms with Gasteiger partial charge in [0.05, 0.1) is 5.57 Å². The van der Waals surface area contributed by atoms with E-state index < -0.39 is 23.1 Å². The van der Waals surface area contributed by atoms with Crippen LogP contribution in [0.5, 0.6) is 0 Å². The van der Waals surface area contributed by atoms with E-state index in [2.05, 4.69) is 0 Å². The number of allylic oxidation sites excluding steroid dienone is 4. The first-order valence-electron chi connectivity index (χ1n) is 4.48. The Kier molecular flexibility index (Phi) is 3.09. The van der Waals surface area contributed by atoms with Crippen molar-refractivity contribution in [1.82, 2.24) is 0 Å². The number of aliphatic hydroxyl groups excluding tert-OH is 2. The zero-order chi connectivity index (χ0) is 11.6. The Morgan fingerprint density at radius 2 is 1.93 bits per heavy atom. The van der Waals surface area contributed by atoms with Crippen LogP contribution in [0.3, 0.4) is 0 Å². The highest BCUT2D eigenvalue weighted by Gasteiger charge is 2.27. The van der Waals surface area contributed by atoms with Gasteiger partial charge in [0.25, 0.3) is 0 Å². The van der Waals surface area contributed by atoms with Gasteiger partial charge in [-0.25, -0.2) is 0 Å². The normalized spacial score (nSPS) is 16.5. The van der Waals surface area contributed by atoms with Gasteiger partial charge in [0.1, 0.15) is 0 Å². The molecule has 0 aromatic rings. The molecular formula is C11H12O4. The van der Waals surface area contributed by atoms with Crippen molar-refractivity contribution >= 4 is 11.6 Å². The quantitative estimate of drug-likeness (QED) is 0.535. The summed E-state index contributed by atoms with van der Waals surface area (Å²) in [7, 11) is 0. The predicted molar refractivity (Wildman–Crippen MR) is 54.4 cm³/mol. The van der Waals surface area contributed by atoms with Crippen LogP contribution in [0.2, 0.25) is 0 Å². The number of carbonyl (C=O) groups excluding carboxylic acids is 2. The third kappa shape index (κ3) is 2.34. The molecule has 0 atom stereocenters. The van der Waals surface area contributed by atoms with Crippen LogP contribution < -0.4 is 0 Å². The summed E-state index contributed by atoms with van der Waals surface area (Å²) in [5.41, 5.74) is 0.908. The Balaban J connectivity index is 3.04. The molecule has 0 aromatic carbocycles. The van der Waals surface area contributed by atoms with E-state index in [-0.39, 0.29) is 12.0 Å². The summed E-state index contributed by atoms with van der Waals surface area (Å²) < 4.78 is 0. The first-order valence-corrected chi connectivity index (χ1v) is 4.48. The molecule has 1 rings (SSSR count). The maximum atomic E-state index is 11.4. The molecule has 4 heteroatoms. The number of ketones is 2. The van der Waals surface area contributed by atoms with E-state index in [0.717, 1.165) is 11.6 Å². The number of hydrogen-bond donors (Lipinski definition) is 2. The second-order valence-electron chi connectivity index (χ2n) is 3.54. The van der Waals surface area contributed by atoms with E-state index in [9.17, 15) is 14.7 Å². The Hall–Kier alpha value is -1.84. The molecule has 1 aliphatic rings. The third-order valence-corrected chi connectivity index (χ3v) is 2.01. The average molecular weight is 208 g/mol. The number of hydrogen-bond acceptors (Lipinski definition) is 4. The van der Waals surface area contributed by atoms with Gasteiger partial charge in [0.2, 0.25) is 11.6 Å². The van der Waals surface area contributed by atoms with Crippen molar-refractivity contribution in [2.24, 2.45) is 0 Å². The molecule has 15 heavy (non-hydrogen) atoms. The van der Waals surface area contributed by atoms with E-state index in [1.54, 1.807) is 6.08 Å². The molecule has 0 aliphatic heterocycles. The minimum absolute atomic E-state index is 0.0544. The summed E-state index contributed by atoms with van der Waals surface area (Å²) in [6.45, 7) is 3.67. The SMILES string of the molecule is CC(C)=CCC1=C(O)C(=O)C=C(O)C1=O. The van der Waals surface area contributed by atoms with Crippen molar-refractivity contribution in [2.75, 3.05) is 0 Å². The molecule has 0 saturated heterocycles. The number of rotatable bonds is 2. The summed E-state index contributed by atoms with van der Waals surface area (Å²) in [6.07, 6.45) is 2.58. The highest BCUT2D eigenvalue weighted by Crippen LogP contribution is 2.19. The topological polar surface area (TPSA) is 74.6 Å². The van der Waals surface area contributed by atoms with Gasteiger partial charge in [0.15, 0.2) is 11.5 Å². The number of aliphatic hydroxyl groups is 2. The zero-order valence-corrected chi connectivity index (χ0v) is 8.57. The lowest BCUT2D eigenvalue weighted by Crippen LogP contribution is -2.18. The van der Waals surface area contributed by atoms with Crippen LogP contribution >= 0.6 is 0 Å². The average Bonchev–Trinajstić information content (AvgIpc) is 2.14. The largest absolute Gasteiger partial charge is 0.504 e. The summed E-state index contributed by atoms with van der Waals surface area (Å²) in [5, 5.41) is 18.5. The highest BCUT2D eigenvalue weighted by molar-refractivity contribution is 6.20. The molecule has 0 spiro atoms. The Labute approximate surface area is 87.2 Å². The maximum Gasteiger partial charge on any atom is 0.227 e. The van der Waals surface area contributed by atoms with E-state index in [4.69, 9.17) is 5.11 Å². The van der Waals surface area contributed by atoms with Crippen molar-refractivity contribution in [2.45, 2.75) is 20.3 Å². The molecule has 80 valence electrons. The molecule has 0 bridgehead atoms. The van der Waals surface area contributed by atoms with Crippen LogP contribution in [0.15, 0.2) is 34.8 Å². The van der Waals surface area contributed by atoms with E-state index >= 15 is 0 Å². The lowest BCUT2D eigenvalue weighted by atomic mass is 9.96. The van der Waals surface area contributed by atoms with Gasteiger partial charge < -0.3 is 10.2 Å². The van der Waals surface area contributed by atoms with Crippen LogP contribution in [-0.4, -0.2) is 21.8 Å². The summed E-state index contributed by atoms with van der Waals surface area (Å²) in [6, 6.07) is 0. The van der Waals surface area contributed by atoms with Gasteiger partial charge in [-0.1, -0.05) is 11.6 Å². The van der Waals surface area contributed by atoms with Crippen molar-refractivity contribution in [3.05, 3.63) is 34.8 Å². The maximum absolute atomic E-state index is 11.4. The molecule has 0 aromatic heterocycles. The summed E-state index contributed by atoms with van der Waals surface area (Å²) in [5.74, 6) is -2.61. The van der Waals surface area contributed by atoms with Gasteiger partial charge in [0, 0.05) is 6.08 Å². The van der Waals surface area contributed by atoms with Crippen LogP contribution in [0.1, 0.15) is 20.3 Å². The molecule has 0 radical (unpaired) electrons. The first-order chi connectivity index (χ1) is 6.93. The fourth-order valence-electron chi connectivity index (χ4n) is 1.16. The second kappa shape index (κ2) is 4.13. The number of Topliss-reactive ketones (excluding diaryl/α,β-unsaturated/α-hetero) is 1. The van der Waals surface area contributed by atoms with E-state index in [1.807, 2.05) is 13.8 Å². The molecule has 0 heterocycles. The van der Waals surface area contributed by atoms with Crippen LogP contribution in [0, 0.1) is 0 Å². The fourth-order valence-corrected chi connectivity index (χ4v) is 1.16. The zero-order valence-electron chi connectivity index (χ0n) is 8.57. The van der Waals surface area contributed by atoms with Gasteiger partial charge in [-0.2, -0.15) is 0 Å². The Bertz CT molecular complexity index is 406. The molecular weight excluding hydrogens is 196 g/mol. The molecule has 0 fully saturated rings. The lowest BCUT2D eigenvalue weighted by molar-refractivity contribution is -0.119. The Morgan fingerprint density at radius 3 is 2.47 bits per heavy atom. The fraction of sp³-hybridized carbons (Fsp3) is 0.273. The first kappa shape index (κ1) is 11.2. The molecule has 2 N–H and O–H groups in total. The minimum atomic E-state index is -0.732. The molecule has 0 amide bonds. The number of carbonyl (C=O) groups is 2. The standard InChI is InChI=1S/C11H12O4/c1-6(2)3-4-7-10(14)8(12)5-9(13)11(7)15/h3,5,12,15H,4H2,1-2H3. The van der Waals surface area contributed by atoms with Crippen LogP contribution in [0.25, 0.3) is 0 Å². The van der Waals surface area contributed by atoms with Crippen molar-refractivity contribution in [1.29, 1.82) is 0 Å². The van der Waals surface area contributed by atoms with Gasteiger partial charge in [-0.05, 0) is 20.3 Å². The van der Waals surface area contributed by atoms with Crippen LogP contribution in [-0.2, 0) is 9.59 Å². The lowest BCUT2D eigenvalue weighted by Gasteiger charge is -2.10. The van der Waals surface area contributed by atoms with Crippen molar-refractivity contribution < 1.29 is 19.8 Å². The van der Waals surface area contributed by atoms with Gasteiger partial charge in [-0.15, -0.1) is 0 Å². The van der Waals surface area contributed by atoms with Gasteiger partial charge in [-0.3, -0.25) is 9.59 Å². The molecule has 0 unspecified atom stereocenters. The van der Waals surface area contributed by atoms with Gasteiger partial charge >= 0.3 is 0 Å². The third-order valence-electron chi connectivity index (χ3n) is 2.01. The van der Waals surface area contributed by atoms with Crippen LogP contribution in [0.4, 0.5) is 0 Å². The predicted octanol–water partition coefficient (Wildman–Crippen LogP) is 1.75. The van der Waals surface area contributed by atoms with E-state index in [0.29, 0.717) is 0 Å².